The van der Waals surface area contributed by atoms with Crippen molar-refractivity contribution in [3.8, 4) is 5.75 Å². The number of ketones is 1. The Hall–Kier alpha value is -1.55. The number of halogens is 1. The Kier molecular flexibility index (Phi) is 2.36. The minimum absolute atomic E-state index is 0.0251. The lowest BCUT2D eigenvalue weighted by Gasteiger charge is -2.22. The second kappa shape index (κ2) is 3.55. The van der Waals surface area contributed by atoms with Crippen molar-refractivity contribution in [2.24, 2.45) is 5.73 Å². The summed E-state index contributed by atoms with van der Waals surface area (Å²) in [7, 11) is 0. The van der Waals surface area contributed by atoms with Crippen LogP contribution < -0.4 is 10.5 Å². The number of hydrogen-bond acceptors (Lipinski definition) is 3. The van der Waals surface area contributed by atoms with Crippen molar-refractivity contribution in [2.45, 2.75) is 12.5 Å². The van der Waals surface area contributed by atoms with Gasteiger partial charge in [0.05, 0.1) is 12.0 Å². The summed E-state index contributed by atoms with van der Waals surface area (Å²) in [6, 6.07) is 4.68. The van der Waals surface area contributed by atoms with Crippen LogP contribution in [0.25, 0.3) is 0 Å². The van der Waals surface area contributed by atoms with E-state index in [1.54, 1.807) is 12.1 Å². The SMILES string of the molecule is NC(=O)[C@H]1CC(=O)c2cc(Cl)ccc2O1. The van der Waals surface area contributed by atoms with Gasteiger partial charge in [-0.2, -0.15) is 0 Å². The van der Waals surface area contributed by atoms with Crippen LogP contribution in [-0.2, 0) is 4.79 Å². The largest absolute Gasteiger partial charge is 0.479 e. The number of carbonyl (C=O) groups is 2. The fourth-order valence-corrected chi connectivity index (χ4v) is 1.63. The number of rotatable bonds is 1. The minimum atomic E-state index is -0.869. The van der Waals surface area contributed by atoms with E-state index in [1.807, 2.05) is 0 Å². The molecule has 0 radical (unpaired) electrons. The molecule has 1 atom stereocenters. The Morgan fingerprint density at radius 2 is 2.27 bits per heavy atom. The molecule has 4 nitrogen and oxygen atoms in total. The molecule has 78 valence electrons. The summed E-state index contributed by atoms with van der Waals surface area (Å²) in [5.74, 6) is -0.453. The normalized spacial score (nSPS) is 19.3. The van der Waals surface area contributed by atoms with Gasteiger partial charge in [0.25, 0.3) is 5.91 Å². The zero-order valence-corrected chi connectivity index (χ0v) is 8.45. The highest BCUT2D eigenvalue weighted by atomic mass is 35.5. The number of fused-ring (bicyclic) bond motifs is 1. The summed E-state index contributed by atoms with van der Waals surface area (Å²) in [6.45, 7) is 0. The summed E-state index contributed by atoms with van der Waals surface area (Å²) >= 11 is 5.74. The Bertz CT molecular complexity index is 444. The molecule has 0 aromatic heterocycles. The fourth-order valence-electron chi connectivity index (χ4n) is 1.45. The molecule has 0 unspecified atom stereocenters. The summed E-state index contributed by atoms with van der Waals surface area (Å²) < 4.78 is 5.26. The van der Waals surface area contributed by atoms with Gasteiger partial charge in [-0.3, -0.25) is 9.59 Å². The Labute approximate surface area is 91.0 Å². The highest BCUT2D eigenvalue weighted by molar-refractivity contribution is 6.31. The van der Waals surface area contributed by atoms with Crippen molar-refractivity contribution in [3.05, 3.63) is 28.8 Å². The summed E-state index contributed by atoms with van der Waals surface area (Å²) in [6.07, 6.45) is -0.894. The van der Waals surface area contributed by atoms with Gasteiger partial charge in [-0.15, -0.1) is 0 Å². The number of primary amides is 1. The summed E-state index contributed by atoms with van der Waals surface area (Å²) in [5, 5.41) is 0.461. The number of carbonyl (C=O) groups excluding carboxylic acids is 2. The van der Waals surface area contributed by atoms with Crippen LogP contribution in [0.1, 0.15) is 16.8 Å². The molecule has 2 N–H and O–H groups in total. The Balaban J connectivity index is 2.41. The van der Waals surface area contributed by atoms with Crippen LogP contribution in [0, 0.1) is 0 Å². The molecule has 0 spiro atoms. The third-order valence-corrected chi connectivity index (χ3v) is 2.43. The van der Waals surface area contributed by atoms with E-state index >= 15 is 0 Å². The van der Waals surface area contributed by atoms with Gasteiger partial charge in [-0.25, -0.2) is 0 Å². The number of amides is 1. The highest BCUT2D eigenvalue weighted by Gasteiger charge is 2.29. The van der Waals surface area contributed by atoms with E-state index in [0.717, 1.165) is 0 Å². The smallest absolute Gasteiger partial charge is 0.258 e. The molecule has 0 saturated carbocycles. The van der Waals surface area contributed by atoms with Crippen LogP contribution in [0.15, 0.2) is 18.2 Å². The molecule has 0 bridgehead atoms. The number of ether oxygens (including phenoxy) is 1. The average molecular weight is 226 g/mol. The molecule has 0 aliphatic carbocycles. The lowest BCUT2D eigenvalue weighted by Crippen LogP contribution is -2.38. The first-order valence-electron chi connectivity index (χ1n) is 4.36. The first-order chi connectivity index (χ1) is 7.08. The fraction of sp³-hybridized carbons (Fsp3) is 0.200. The van der Waals surface area contributed by atoms with Crippen LogP contribution in [-0.4, -0.2) is 17.8 Å². The zero-order chi connectivity index (χ0) is 11.0. The van der Waals surface area contributed by atoms with Crippen molar-refractivity contribution in [1.29, 1.82) is 0 Å². The van der Waals surface area contributed by atoms with E-state index in [9.17, 15) is 9.59 Å². The minimum Gasteiger partial charge on any atom is -0.479 e. The zero-order valence-electron chi connectivity index (χ0n) is 7.70. The molecule has 5 heteroatoms. The van der Waals surface area contributed by atoms with E-state index in [0.29, 0.717) is 16.3 Å². The van der Waals surface area contributed by atoms with Crippen LogP contribution in [0.2, 0.25) is 5.02 Å². The highest BCUT2D eigenvalue weighted by Crippen LogP contribution is 2.29. The molecule has 1 aliphatic rings. The van der Waals surface area contributed by atoms with Crippen LogP contribution in [0.5, 0.6) is 5.75 Å². The lowest BCUT2D eigenvalue weighted by molar-refractivity contribution is -0.124. The lowest BCUT2D eigenvalue weighted by atomic mass is 10.0. The van der Waals surface area contributed by atoms with E-state index in [-0.39, 0.29) is 12.2 Å². The number of benzene rings is 1. The topological polar surface area (TPSA) is 69.4 Å². The van der Waals surface area contributed by atoms with Gasteiger partial charge in [0.15, 0.2) is 11.9 Å². The molecule has 1 aromatic rings. The number of hydrogen-bond donors (Lipinski definition) is 1. The van der Waals surface area contributed by atoms with Crippen LogP contribution in [0.4, 0.5) is 0 Å². The molecule has 0 saturated heterocycles. The molecule has 2 rings (SSSR count). The van der Waals surface area contributed by atoms with Crippen molar-refractivity contribution in [2.75, 3.05) is 0 Å². The summed E-state index contributed by atoms with van der Waals surface area (Å²) in [5.41, 5.74) is 5.48. The maximum Gasteiger partial charge on any atom is 0.258 e. The van der Waals surface area contributed by atoms with Crippen molar-refractivity contribution in [3.63, 3.8) is 0 Å². The summed E-state index contributed by atoms with van der Waals surface area (Å²) in [4.78, 5) is 22.5. The van der Waals surface area contributed by atoms with Crippen LogP contribution in [0.3, 0.4) is 0 Å². The first kappa shape index (κ1) is 9.98. The van der Waals surface area contributed by atoms with Gasteiger partial charge < -0.3 is 10.5 Å². The van der Waals surface area contributed by atoms with Crippen molar-refractivity contribution >= 4 is 23.3 Å². The van der Waals surface area contributed by atoms with E-state index in [4.69, 9.17) is 22.1 Å². The third-order valence-electron chi connectivity index (χ3n) is 2.20. The molecule has 1 amide bonds. The molecule has 1 aliphatic heterocycles. The molecule has 0 fully saturated rings. The molecule has 1 heterocycles. The maximum atomic E-state index is 11.6. The molecule has 15 heavy (non-hydrogen) atoms. The Morgan fingerprint density at radius 3 is 2.93 bits per heavy atom. The van der Waals surface area contributed by atoms with E-state index in [1.165, 1.54) is 6.07 Å². The third kappa shape index (κ3) is 1.80. The number of nitrogens with two attached hydrogens (primary N) is 1. The predicted molar refractivity (Wildman–Crippen MR) is 54.0 cm³/mol. The number of Topliss-reactive ketones (excluding diaryl/α,β-unsaturated/α-hetero) is 1. The Morgan fingerprint density at radius 1 is 1.53 bits per heavy atom. The predicted octanol–water partition coefficient (Wildman–Crippen LogP) is 1.16. The second-order valence-electron chi connectivity index (χ2n) is 3.28. The van der Waals surface area contributed by atoms with E-state index in [2.05, 4.69) is 0 Å². The van der Waals surface area contributed by atoms with Gasteiger partial charge >= 0.3 is 0 Å². The maximum absolute atomic E-state index is 11.6. The van der Waals surface area contributed by atoms with Crippen molar-refractivity contribution < 1.29 is 14.3 Å². The standard InChI is InChI=1S/C10H8ClNO3/c11-5-1-2-8-6(3-5)7(13)4-9(15-8)10(12)14/h1-3,9H,4H2,(H2,12,14)/t9-/m1/s1. The average Bonchev–Trinajstić information content (AvgIpc) is 2.18. The first-order valence-corrected chi connectivity index (χ1v) is 4.74. The van der Waals surface area contributed by atoms with Gasteiger partial charge in [0.1, 0.15) is 5.75 Å². The van der Waals surface area contributed by atoms with Gasteiger partial charge in [0, 0.05) is 5.02 Å². The molecular weight excluding hydrogens is 218 g/mol. The molecule has 1 aromatic carbocycles. The van der Waals surface area contributed by atoms with Crippen molar-refractivity contribution in [1.82, 2.24) is 0 Å². The molecular formula is C10H8ClNO3. The van der Waals surface area contributed by atoms with Gasteiger partial charge in [0.2, 0.25) is 0 Å². The monoisotopic (exact) mass is 225 g/mol. The van der Waals surface area contributed by atoms with Crippen LogP contribution >= 0.6 is 11.6 Å². The second-order valence-corrected chi connectivity index (χ2v) is 3.71. The van der Waals surface area contributed by atoms with E-state index < -0.39 is 12.0 Å². The van der Waals surface area contributed by atoms with Gasteiger partial charge in [-0.05, 0) is 18.2 Å². The quantitative estimate of drug-likeness (QED) is 0.780. The van der Waals surface area contributed by atoms with Gasteiger partial charge in [-0.1, -0.05) is 11.6 Å².